The molecular weight excluding hydrogens is 310 g/mol. The molecule has 2 aromatic rings. The molecule has 0 aromatic heterocycles. The maximum absolute atomic E-state index is 13.0. The maximum atomic E-state index is 13.0. The van der Waals surface area contributed by atoms with E-state index in [0.717, 1.165) is 12.1 Å². The van der Waals surface area contributed by atoms with Crippen LogP contribution in [0.25, 0.3) is 0 Å². The van der Waals surface area contributed by atoms with Gasteiger partial charge in [-0.3, -0.25) is 4.72 Å². The van der Waals surface area contributed by atoms with Crippen molar-refractivity contribution in [2.75, 3.05) is 10.5 Å². The molecule has 0 atom stereocenters. The molecule has 0 amide bonds. The summed E-state index contributed by atoms with van der Waals surface area (Å²) < 4.78 is 52.4. The molecule has 8 heteroatoms. The van der Waals surface area contributed by atoms with E-state index >= 15 is 0 Å². The number of nitrogens with two attached hydrogens (primary N) is 1. The number of benzene rings is 2. The summed E-state index contributed by atoms with van der Waals surface area (Å²) in [7, 11) is -4.15. The van der Waals surface area contributed by atoms with Crippen molar-refractivity contribution >= 4 is 33.0 Å². The van der Waals surface area contributed by atoms with E-state index in [1.54, 1.807) is 0 Å². The third-order valence-corrected chi connectivity index (χ3v) is 4.31. The zero-order chi connectivity index (χ0) is 14.9. The summed E-state index contributed by atoms with van der Waals surface area (Å²) in [6, 6.07) is 6.49. The van der Waals surface area contributed by atoms with Gasteiger partial charge in [-0.05, 0) is 24.3 Å². The molecule has 0 fully saturated rings. The molecule has 0 heterocycles. The highest BCUT2D eigenvalue weighted by molar-refractivity contribution is 7.93. The van der Waals surface area contributed by atoms with E-state index in [9.17, 15) is 17.2 Å². The molecule has 3 N–H and O–H groups in total. The van der Waals surface area contributed by atoms with Crippen molar-refractivity contribution < 1.29 is 17.2 Å². The second-order valence-electron chi connectivity index (χ2n) is 3.92. The van der Waals surface area contributed by atoms with Gasteiger partial charge in [0.05, 0.1) is 16.4 Å². The second kappa shape index (κ2) is 5.26. The maximum Gasteiger partial charge on any atom is 0.265 e. The first kappa shape index (κ1) is 14.5. The average Bonchev–Trinajstić information content (AvgIpc) is 2.25. The summed E-state index contributed by atoms with van der Waals surface area (Å²) >= 11 is 5.80. The van der Waals surface area contributed by atoms with Crippen molar-refractivity contribution in [2.45, 2.75) is 4.90 Å². The molecule has 2 aromatic carbocycles. The van der Waals surface area contributed by atoms with Crippen LogP contribution in [-0.2, 0) is 10.0 Å². The van der Waals surface area contributed by atoms with Crippen LogP contribution in [0.4, 0.5) is 20.2 Å². The van der Waals surface area contributed by atoms with E-state index in [-0.39, 0.29) is 21.3 Å². The number of sulfonamides is 1. The highest BCUT2D eigenvalue weighted by Crippen LogP contribution is 2.29. The zero-order valence-corrected chi connectivity index (χ0v) is 11.5. The largest absolute Gasteiger partial charge is 0.398 e. The molecular formula is C12H9ClF2N2O2S. The first-order valence-electron chi connectivity index (χ1n) is 5.32. The fourth-order valence-electron chi connectivity index (χ4n) is 1.63. The number of nitrogen functional groups attached to an aromatic ring is 1. The lowest BCUT2D eigenvalue weighted by Crippen LogP contribution is -2.15. The zero-order valence-electron chi connectivity index (χ0n) is 9.90. The Kier molecular flexibility index (Phi) is 3.82. The van der Waals surface area contributed by atoms with Gasteiger partial charge in [0.25, 0.3) is 10.0 Å². The van der Waals surface area contributed by atoms with Crippen molar-refractivity contribution in [2.24, 2.45) is 0 Å². The Balaban J connectivity index is 2.46. The van der Waals surface area contributed by atoms with Gasteiger partial charge in [0, 0.05) is 6.07 Å². The van der Waals surface area contributed by atoms with Gasteiger partial charge in [0.1, 0.15) is 16.5 Å². The molecule has 0 aliphatic heterocycles. The summed E-state index contributed by atoms with van der Waals surface area (Å²) in [5.41, 5.74) is 5.24. The molecule has 0 saturated heterocycles. The van der Waals surface area contributed by atoms with Crippen molar-refractivity contribution in [3.63, 3.8) is 0 Å². The summed E-state index contributed by atoms with van der Waals surface area (Å²) in [6.45, 7) is 0. The number of hydrogen-bond acceptors (Lipinski definition) is 3. The number of rotatable bonds is 3. The third kappa shape index (κ3) is 3.00. The first-order valence-corrected chi connectivity index (χ1v) is 7.18. The Morgan fingerprint density at radius 1 is 1.10 bits per heavy atom. The van der Waals surface area contributed by atoms with Crippen LogP contribution in [0.3, 0.4) is 0 Å². The molecule has 0 aliphatic carbocycles. The van der Waals surface area contributed by atoms with Gasteiger partial charge in [-0.15, -0.1) is 0 Å². The number of anilines is 2. The fourth-order valence-corrected chi connectivity index (χ4v) is 3.35. The lowest BCUT2D eigenvalue weighted by Gasteiger charge is -2.11. The Hall–Kier alpha value is -1.86. The van der Waals surface area contributed by atoms with Crippen LogP contribution in [-0.4, -0.2) is 8.42 Å². The van der Waals surface area contributed by atoms with Gasteiger partial charge in [-0.25, -0.2) is 17.2 Å². The Morgan fingerprint density at radius 3 is 2.25 bits per heavy atom. The van der Waals surface area contributed by atoms with Crippen molar-refractivity contribution in [3.8, 4) is 0 Å². The monoisotopic (exact) mass is 318 g/mol. The average molecular weight is 319 g/mol. The molecule has 4 nitrogen and oxygen atoms in total. The normalized spacial score (nSPS) is 11.3. The van der Waals surface area contributed by atoms with Gasteiger partial charge in [-0.2, -0.15) is 0 Å². The quantitative estimate of drug-likeness (QED) is 0.854. The Bertz CT molecular complexity index is 726. The fraction of sp³-hybridized carbons (Fsp3) is 0. The SMILES string of the molecule is Nc1cccc(Cl)c1S(=O)(=O)Nc1cc(F)cc(F)c1. The van der Waals surface area contributed by atoms with E-state index in [1.165, 1.54) is 18.2 Å². The van der Waals surface area contributed by atoms with Crippen LogP contribution in [0.1, 0.15) is 0 Å². The highest BCUT2D eigenvalue weighted by atomic mass is 35.5. The topological polar surface area (TPSA) is 72.2 Å². The highest BCUT2D eigenvalue weighted by Gasteiger charge is 2.21. The lowest BCUT2D eigenvalue weighted by molar-refractivity contribution is 0.584. The van der Waals surface area contributed by atoms with Crippen LogP contribution in [0.2, 0.25) is 5.02 Å². The van der Waals surface area contributed by atoms with Crippen molar-refractivity contribution in [1.29, 1.82) is 0 Å². The molecule has 0 bridgehead atoms. The van der Waals surface area contributed by atoms with E-state index in [1.807, 2.05) is 4.72 Å². The van der Waals surface area contributed by atoms with Gasteiger partial charge in [0.2, 0.25) is 0 Å². The van der Waals surface area contributed by atoms with Gasteiger partial charge in [-0.1, -0.05) is 17.7 Å². The van der Waals surface area contributed by atoms with Gasteiger partial charge < -0.3 is 5.73 Å². The first-order chi connectivity index (χ1) is 9.29. The van der Waals surface area contributed by atoms with Crippen LogP contribution < -0.4 is 10.5 Å². The third-order valence-electron chi connectivity index (χ3n) is 2.38. The van der Waals surface area contributed by atoms with Crippen LogP contribution in [0, 0.1) is 11.6 Å². The van der Waals surface area contributed by atoms with Crippen LogP contribution >= 0.6 is 11.6 Å². The molecule has 0 saturated carbocycles. The molecule has 106 valence electrons. The molecule has 2 rings (SSSR count). The molecule has 0 aliphatic rings. The van der Waals surface area contributed by atoms with E-state index in [2.05, 4.69) is 0 Å². The Labute approximate surface area is 119 Å². The van der Waals surface area contributed by atoms with Crippen LogP contribution in [0.5, 0.6) is 0 Å². The summed E-state index contributed by atoms with van der Waals surface area (Å²) in [6.07, 6.45) is 0. The Morgan fingerprint density at radius 2 is 1.70 bits per heavy atom. The predicted molar refractivity (Wildman–Crippen MR) is 73.0 cm³/mol. The molecule has 0 unspecified atom stereocenters. The minimum atomic E-state index is -4.15. The van der Waals surface area contributed by atoms with Gasteiger partial charge in [0.15, 0.2) is 0 Å². The van der Waals surface area contributed by atoms with Gasteiger partial charge >= 0.3 is 0 Å². The van der Waals surface area contributed by atoms with Crippen molar-refractivity contribution in [1.82, 2.24) is 0 Å². The van der Waals surface area contributed by atoms with Crippen LogP contribution in [0.15, 0.2) is 41.3 Å². The van der Waals surface area contributed by atoms with Crippen molar-refractivity contribution in [3.05, 3.63) is 53.1 Å². The molecule has 0 spiro atoms. The number of nitrogens with one attached hydrogen (secondary N) is 1. The van der Waals surface area contributed by atoms with E-state index < -0.39 is 21.7 Å². The predicted octanol–water partition coefficient (Wildman–Crippen LogP) is 3.00. The number of hydrogen-bond donors (Lipinski definition) is 2. The van der Waals surface area contributed by atoms with E-state index in [4.69, 9.17) is 17.3 Å². The van der Waals surface area contributed by atoms with E-state index in [0.29, 0.717) is 6.07 Å². The molecule has 20 heavy (non-hydrogen) atoms. The number of halogens is 3. The smallest absolute Gasteiger partial charge is 0.265 e. The lowest BCUT2D eigenvalue weighted by atomic mass is 10.3. The minimum Gasteiger partial charge on any atom is -0.398 e. The summed E-state index contributed by atoms with van der Waals surface area (Å²) in [5.74, 6) is -1.82. The second-order valence-corrected chi connectivity index (χ2v) is 5.95. The summed E-state index contributed by atoms with van der Waals surface area (Å²) in [4.78, 5) is -0.341. The standard InChI is InChI=1S/C12H9ClF2N2O2S/c13-10-2-1-3-11(16)12(10)20(18,19)17-9-5-7(14)4-8(15)6-9/h1-6,17H,16H2. The molecule has 0 radical (unpaired) electrons. The minimum absolute atomic E-state index is 0.0677. The summed E-state index contributed by atoms with van der Waals surface area (Å²) in [5, 5.41) is -0.0885.